The molecule has 1 amide bonds. The van der Waals surface area contributed by atoms with Crippen LogP contribution in [0.1, 0.15) is 19.8 Å². The van der Waals surface area contributed by atoms with E-state index in [4.69, 9.17) is 0 Å². The molecule has 0 aromatic heterocycles. The second kappa shape index (κ2) is 2.82. The van der Waals surface area contributed by atoms with Gasteiger partial charge >= 0.3 is 0 Å². The lowest BCUT2D eigenvalue weighted by Gasteiger charge is -2.23. The molecule has 0 aromatic carbocycles. The molecule has 3 nitrogen and oxygen atoms in total. The molecule has 0 saturated carbocycles. The van der Waals surface area contributed by atoms with Gasteiger partial charge in [-0.2, -0.15) is 0 Å². The predicted octanol–water partition coefficient (Wildman–Crippen LogP) is 0.360. The third-order valence-corrected chi connectivity index (χ3v) is 1.61. The Balaban J connectivity index is 2.60. The van der Waals surface area contributed by atoms with Crippen molar-refractivity contribution < 1.29 is 9.59 Å². The number of amides is 1. The second-order valence-electron chi connectivity index (χ2n) is 2.28. The highest BCUT2D eigenvalue weighted by atomic mass is 16.2. The second-order valence-corrected chi connectivity index (χ2v) is 2.28. The molecule has 1 aliphatic heterocycles. The Morgan fingerprint density at radius 2 is 2.20 bits per heavy atom. The Morgan fingerprint density at radius 3 is 2.70 bits per heavy atom. The van der Waals surface area contributed by atoms with Crippen LogP contribution < -0.4 is 0 Å². The third-order valence-electron chi connectivity index (χ3n) is 1.61. The summed E-state index contributed by atoms with van der Waals surface area (Å²) < 4.78 is 0. The van der Waals surface area contributed by atoms with Crippen LogP contribution in [0, 0.1) is 6.54 Å². The summed E-state index contributed by atoms with van der Waals surface area (Å²) in [7, 11) is 0. The lowest BCUT2D eigenvalue weighted by Crippen LogP contribution is -2.39. The van der Waals surface area contributed by atoms with Crippen molar-refractivity contribution in [2.45, 2.75) is 19.8 Å². The van der Waals surface area contributed by atoms with E-state index in [1.807, 2.05) is 0 Å². The molecule has 0 aliphatic carbocycles. The molecule has 0 unspecified atom stereocenters. The number of hydrogen-bond donors (Lipinski definition) is 0. The summed E-state index contributed by atoms with van der Waals surface area (Å²) in [5.74, 6) is -0.613. The molecule has 0 aromatic rings. The first-order chi connectivity index (χ1) is 4.75. The van der Waals surface area contributed by atoms with Crippen LogP contribution in [-0.2, 0) is 9.59 Å². The monoisotopic (exact) mass is 140 g/mol. The van der Waals surface area contributed by atoms with Crippen molar-refractivity contribution in [3.05, 3.63) is 6.54 Å². The summed E-state index contributed by atoms with van der Waals surface area (Å²) in [5.41, 5.74) is 0. The van der Waals surface area contributed by atoms with E-state index in [1.165, 1.54) is 4.90 Å². The molecule has 3 heteroatoms. The topological polar surface area (TPSA) is 37.4 Å². The normalized spacial score (nSPS) is 19.9. The van der Waals surface area contributed by atoms with Crippen LogP contribution in [0.15, 0.2) is 0 Å². The van der Waals surface area contributed by atoms with Gasteiger partial charge in [0.05, 0.1) is 0 Å². The van der Waals surface area contributed by atoms with Crippen molar-refractivity contribution in [2.75, 3.05) is 6.54 Å². The van der Waals surface area contributed by atoms with Crippen molar-refractivity contribution in [3.63, 3.8) is 0 Å². The molecule has 55 valence electrons. The molecular weight excluding hydrogens is 130 g/mol. The summed E-state index contributed by atoms with van der Waals surface area (Å²) in [6.45, 7) is 4.11. The zero-order valence-electron chi connectivity index (χ0n) is 5.96. The van der Waals surface area contributed by atoms with Gasteiger partial charge in [0.15, 0.2) is 0 Å². The molecule has 1 rings (SSSR count). The lowest BCUT2D eigenvalue weighted by atomic mass is 10.1. The van der Waals surface area contributed by atoms with Crippen LogP contribution in [0.3, 0.4) is 0 Å². The van der Waals surface area contributed by atoms with Crippen molar-refractivity contribution in [3.8, 4) is 0 Å². The zero-order chi connectivity index (χ0) is 7.56. The third kappa shape index (κ3) is 1.17. The number of piperidine rings is 1. The number of Topliss-reactive ketones (excluding diaryl/α,β-unsaturated/α-hetero) is 1. The number of rotatable bonds is 1. The molecule has 0 spiro atoms. The standard InChI is InChI=1S/C7H10NO2/c1-2-8-5-3-4-6(9)7(8)10/h2H,3-5H2,1H3. The van der Waals surface area contributed by atoms with Crippen molar-refractivity contribution >= 4 is 11.7 Å². The van der Waals surface area contributed by atoms with Crippen molar-refractivity contribution in [2.24, 2.45) is 0 Å². The minimum atomic E-state index is -0.353. The molecule has 0 atom stereocenters. The molecule has 1 fully saturated rings. The van der Waals surface area contributed by atoms with Crippen LogP contribution in [0.25, 0.3) is 0 Å². The van der Waals surface area contributed by atoms with Gasteiger partial charge in [-0.05, 0) is 13.3 Å². The minimum absolute atomic E-state index is 0.260. The average Bonchev–Trinajstić information content (AvgIpc) is 1.95. The number of hydrogen-bond acceptors (Lipinski definition) is 2. The molecular formula is C7H10NO2. The molecule has 1 radical (unpaired) electrons. The largest absolute Gasteiger partial charge is 0.331 e. The predicted molar refractivity (Wildman–Crippen MR) is 35.9 cm³/mol. The highest BCUT2D eigenvalue weighted by Gasteiger charge is 2.24. The summed E-state index contributed by atoms with van der Waals surface area (Å²) in [4.78, 5) is 23.1. The number of likely N-dealkylation sites (tertiary alicyclic amines) is 1. The van der Waals surface area contributed by atoms with Gasteiger partial charge in [0, 0.05) is 19.5 Å². The van der Waals surface area contributed by atoms with Gasteiger partial charge in [0.2, 0.25) is 5.78 Å². The highest BCUT2D eigenvalue weighted by Crippen LogP contribution is 2.07. The first-order valence-corrected chi connectivity index (χ1v) is 3.39. The van der Waals surface area contributed by atoms with Crippen molar-refractivity contribution in [1.29, 1.82) is 0 Å². The van der Waals surface area contributed by atoms with E-state index in [-0.39, 0.29) is 11.7 Å². The molecule has 1 aliphatic rings. The maximum atomic E-state index is 10.9. The maximum absolute atomic E-state index is 10.9. The molecule has 0 bridgehead atoms. The van der Waals surface area contributed by atoms with E-state index in [0.717, 1.165) is 6.42 Å². The minimum Gasteiger partial charge on any atom is -0.331 e. The summed E-state index contributed by atoms with van der Waals surface area (Å²) in [6.07, 6.45) is 1.22. The van der Waals surface area contributed by atoms with Gasteiger partial charge in [-0.15, -0.1) is 0 Å². The molecule has 0 N–H and O–H groups in total. The van der Waals surface area contributed by atoms with Crippen LogP contribution in [0.2, 0.25) is 0 Å². The lowest BCUT2D eigenvalue weighted by molar-refractivity contribution is -0.145. The average molecular weight is 140 g/mol. The van der Waals surface area contributed by atoms with E-state index < -0.39 is 0 Å². The van der Waals surface area contributed by atoms with Crippen molar-refractivity contribution in [1.82, 2.24) is 4.90 Å². The Kier molecular flexibility index (Phi) is 2.04. The molecule has 1 heterocycles. The summed E-state index contributed by atoms with van der Waals surface area (Å²) in [5, 5.41) is 0. The molecule has 1 saturated heterocycles. The van der Waals surface area contributed by atoms with E-state index in [0.29, 0.717) is 13.0 Å². The Hall–Kier alpha value is -0.860. The first-order valence-electron chi connectivity index (χ1n) is 3.39. The number of nitrogens with zero attached hydrogens (tertiary/aromatic N) is 1. The zero-order valence-corrected chi connectivity index (χ0v) is 5.96. The Morgan fingerprint density at radius 1 is 1.50 bits per heavy atom. The Labute approximate surface area is 60.0 Å². The number of carbonyl (C=O) groups excluding carboxylic acids is 2. The summed E-state index contributed by atoms with van der Waals surface area (Å²) >= 11 is 0. The smallest absolute Gasteiger partial charge is 0.290 e. The fourth-order valence-electron chi connectivity index (χ4n) is 1.02. The molecule has 10 heavy (non-hydrogen) atoms. The number of carbonyl (C=O) groups is 2. The quantitative estimate of drug-likeness (QED) is 0.493. The SMILES string of the molecule is C[CH]N1CCCC(=O)C1=O. The van der Waals surface area contributed by atoms with Gasteiger partial charge in [-0.25, -0.2) is 0 Å². The summed E-state index contributed by atoms with van der Waals surface area (Å²) in [6, 6.07) is 0. The van der Waals surface area contributed by atoms with E-state index in [2.05, 4.69) is 0 Å². The van der Waals surface area contributed by atoms with Crippen LogP contribution in [-0.4, -0.2) is 23.1 Å². The fraction of sp³-hybridized carbons (Fsp3) is 0.571. The number of ketones is 1. The van der Waals surface area contributed by atoms with Crippen LogP contribution in [0.4, 0.5) is 0 Å². The van der Waals surface area contributed by atoms with E-state index in [9.17, 15) is 9.59 Å². The first kappa shape index (κ1) is 7.25. The van der Waals surface area contributed by atoms with Gasteiger partial charge in [0.25, 0.3) is 5.91 Å². The van der Waals surface area contributed by atoms with Gasteiger partial charge in [0.1, 0.15) is 0 Å². The highest BCUT2D eigenvalue weighted by molar-refractivity contribution is 6.36. The van der Waals surface area contributed by atoms with E-state index >= 15 is 0 Å². The van der Waals surface area contributed by atoms with Gasteiger partial charge < -0.3 is 4.90 Å². The van der Waals surface area contributed by atoms with Gasteiger partial charge in [-0.3, -0.25) is 9.59 Å². The fourth-order valence-corrected chi connectivity index (χ4v) is 1.02. The van der Waals surface area contributed by atoms with Gasteiger partial charge in [-0.1, -0.05) is 0 Å². The maximum Gasteiger partial charge on any atom is 0.290 e. The van der Waals surface area contributed by atoms with Crippen LogP contribution >= 0.6 is 0 Å². The Bertz CT molecular complexity index is 165. The van der Waals surface area contributed by atoms with Crippen LogP contribution in [0.5, 0.6) is 0 Å². The van der Waals surface area contributed by atoms with E-state index in [1.54, 1.807) is 13.5 Å².